The first-order valence-corrected chi connectivity index (χ1v) is 17.8. The fourth-order valence-corrected chi connectivity index (χ4v) is 8.04. The summed E-state index contributed by atoms with van der Waals surface area (Å²) in [6.07, 6.45) is 0. The summed E-state index contributed by atoms with van der Waals surface area (Å²) in [6.45, 7) is 0. The van der Waals surface area contributed by atoms with Gasteiger partial charge in [-0.3, -0.25) is 0 Å². The van der Waals surface area contributed by atoms with E-state index in [2.05, 4.69) is 48.5 Å². The van der Waals surface area contributed by atoms with Gasteiger partial charge in [0.1, 0.15) is 11.2 Å². The molecule has 11 rings (SSSR count). The molecule has 1 nitrogen and oxygen atoms in total. The van der Waals surface area contributed by atoms with Gasteiger partial charge in [-0.1, -0.05) is 158 Å². The van der Waals surface area contributed by atoms with Gasteiger partial charge in [0.15, 0.2) is 0 Å². The molecule has 0 bridgehead atoms. The first kappa shape index (κ1) is 24.3. The molecule has 1 heteroatoms. The normalized spacial score (nSPS) is 13.4. The van der Waals surface area contributed by atoms with E-state index in [9.17, 15) is 8.22 Å². The fraction of sp³-hybridized carbons (Fsp3) is 0. The fourth-order valence-electron chi connectivity index (χ4n) is 8.04. The summed E-state index contributed by atoms with van der Waals surface area (Å²) < 4.78 is 63.2. The Morgan fingerprint density at radius 2 is 0.906 bits per heavy atom. The Kier molecular flexibility index (Phi) is 5.40. The molecule has 53 heavy (non-hydrogen) atoms. The Labute approximate surface area is 315 Å². The highest BCUT2D eigenvalue weighted by atomic mass is 16.3. The predicted octanol–water partition coefficient (Wildman–Crippen LogP) is 14.9. The smallest absolute Gasteiger partial charge is 0.136 e. The number of fused-ring (bicyclic) bond motifs is 7. The maximum absolute atomic E-state index is 9.69. The van der Waals surface area contributed by atoms with Crippen molar-refractivity contribution in [2.75, 3.05) is 0 Å². The van der Waals surface area contributed by atoms with Crippen LogP contribution in [-0.4, -0.2) is 0 Å². The predicted molar refractivity (Wildman–Crippen MR) is 225 cm³/mol. The molecule has 246 valence electrons. The van der Waals surface area contributed by atoms with Crippen LogP contribution < -0.4 is 0 Å². The molecule has 0 aliphatic rings. The lowest BCUT2D eigenvalue weighted by molar-refractivity contribution is 0.669. The molecule has 0 aliphatic heterocycles. The van der Waals surface area contributed by atoms with Crippen molar-refractivity contribution in [2.45, 2.75) is 0 Å². The third-order valence-electron chi connectivity index (χ3n) is 10.5. The second-order valence-electron chi connectivity index (χ2n) is 13.5. The minimum atomic E-state index is -0.253. The van der Waals surface area contributed by atoms with Gasteiger partial charge in [0, 0.05) is 10.8 Å². The number of furan rings is 1. The Hall–Kier alpha value is -6.96. The van der Waals surface area contributed by atoms with E-state index in [-0.39, 0.29) is 58.2 Å². The highest BCUT2D eigenvalue weighted by molar-refractivity contribution is 6.21. The third kappa shape index (κ3) is 4.79. The van der Waals surface area contributed by atoms with Gasteiger partial charge in [-0.2, -0.15) is 0 Å². The molecular formula is C52H32O. The molecule has 0 spiro atoms. The van der Waals surface area contributed by atoms with Gasteiger partial charge in [-0.05, 0) is 124 Å². The summed E-state index contributed by atoms with van der Waals surface area (Å²) in [5.41, 5.74) is 7.09. The number of rotatable bonds is 4. The standard InChI is InChI=1S/C52H32O/c1-2-12-34(13-3-1)51-44-16-6-8-18-46(44)52(47-19-9-7-17-45(47)51)40-24-23-35-29-36(21-22-37(35)30-40)38-26-28-49-48(31-38)43-27-25-39(32-50(43)53-49)42-20-10-14-33-11-4-5-15-41(33)42/h1-32H/i21D,22D,23D,24D,29D,30D. The molecule has 0 saturated carbocycles. The van der Waals surface area contributed by atoms with E-state index in [4.69, 9.17) is 4.42 Å². The van der Waals surface area contributed by atoms with Crippen molar-refractivity contribution < 1.29 is 12.6 Å². The number of hydrogen-bond acceptors (Lipinski definition) is 1. The lowest BCUT2D eigenvalue weighted by Crippen LogP contribution is -1.90. The van der Waals surface area contributed by atoms with Gasteiger partial charge in [0.05, 0.1) is 8.22 Å². The van der Waals surface area contributed by atoms with Crippen molar-refractivity contribution in [3.8, 4) is 44.5 Å². The molecular weight excluding hydrogens is 641 g/mol. The average molecular weight is 679 g/mol. The van der Waals surface area contributed by atoms with E-state index in [1.807, 2.05) is 103 Å². The summed E-state index contributed by atoms with van der Waals surface area (Å²) in [7, 11) is 0. The Morgan fingerprint density at radius 3 is 1.64 bits per heavy atom. The maximum Gasteiger partial charge on any atom is 0.136 e. The average Bonchev–Trinajstić information content (AvgIpc) is 3.64. The monoisotopic (exact) mass is 678 g/mol. The van der Waals surface area contributed by atoms with E-state index in [0.29, 0.717) is 22.3 Å². The molecule has 0 fully saturated rings. The van der Waals surface area contributed by atoms with Crippen LogP contribution in [0.5, 0.6) is 0 Å². The van der Waals surface area contributed by atoms with Crippen molar-refractivity contribution in [1.29, 1.82) is 0 Å². The molecule has 11 aromatic rings. The minimum absolute atomic E-state index is 0.0196. The molecule has 0 amide bonds. The van der Waals surface area contributed by atoms with Gasteiger partial charge in [0.25, 0.3) is 0 Å². The zero-order valence-corrected chi connectivity index (χ0v) is 28.4. The van der Waals surface area contributed by atoms with Crippen molar-refractivity contribution in [1.82, 2.24) is 0 Å². The molecule has 0 N–H and O–H groups in total. The van der Waals surface area contributed by atoms with Crippen LogP contribution in [0.1, 0.15) is 8.22 Å². The van der Waals surface area contributed by atoms with Crippen LogP contribution in [0.4, 0.5) is 0 Å². The van der Waals surface area contributed by atoms with Crippen molar-refractivity contribution >= 4 is 65.0 Å². The van der Waals surface area contributed by atoms with Crippen LogP contribution in [0.15, 0.2) is 198 Å². The number of hydrogen-bond donors (Lipinski definition) is 0. The van der Waals surface area contributed by atoms with Crippen LogP contribution >= 0.6 is 0 Å². The zero-order valence-electron chi connectivity index (χ0n) is 34.4. The van der Waals surface area contributed by atoms with Gasteiger partial charge in [-0.25, -0.2) is 0 Å². The van der Waals surface area contributed by atoms with Gasteiger partial charge in [-0.15, -0.1) is 0 Å². The molecule has 0 atom stereocenters. The molecule has 0 unspecified atom stereocenters. The summed E-state index contributed by atoms with van der Waals surface area (Å²) in [6, 6.07) is 51.0. The quantitative estimate of drug-likeness (QED) is 0.169. The molecule has 1 heterocycles. The summed E-state index contributed by atoms with van der Waals surface area (Å²) >= 11 is 0. The number of benzene rings is 10. The van der Waals surface area contributed by atoms with Crippen molar-refractivity contribution in [3.63, 3.8) is 0 Å². The van der Waals surface area contributed by atoms with Crippen molar-refractivity contribution in [2.24, 2.45) is 0 Å². The van der Waals surface area contributed by atoms with E-state index in [0.717, 1.165) is 65.3 Å². The van der Waals surface area contributed by atoms with E-state index in [1.165, 1.54) is 0 Å². The Balaban J connectivity index is 1.11. The lowest BCUT2D eigenvalue weighted by atomic mass is 9.85. The van der Waals surface area contributed by atoms with Gasteiger partial charge in [0.2, 0.25) is 0 Å². The van der Waals surface area contributed by atoms with Crippen LogP contribution in [0.3, 0.4) is 0 Å². The SMILES string of the molecule is [2H]c1c(-c2c3ccccc3c(-c3ccccc3)c3ccccc23)c([2H])c2c([2H])c([2H])c(-c3ccc4oc5cc(-c6cccc7ccccc67)ccc5c4c3)c([2H])c2c1[2H]. The molecule has 1 aromatic heterocycles. The molecule has 0 saturated heterocycles. The maximum atomic E-state index is 9.69. The summed E-state index contributed by atoms with van der Waals surface area (Å²) in [4.78, 5) is 0. The molecule has 0 radical (unpaired) electrons. The first-order chi connectivity index (χ1) is 28.8. The topological polar surface area (TPSA) is 13.1 Å². The van der Waals surface area contributed by atoms with E-state index in [1.54, 1.807) is 6.07 Å². The third-order valence-corrected chi connectivity index (χ3v) is 10.5. The van der Waals surface area contributed by atoms with Crippen LogP contribution in [0, 0.1) is 0 Å². The Bertz CT molecular complexity index is 3510. The Morgan fingerprint density at radius 1 is 0.321 bits per heavy atom. The van der Waals surface area contributed by atoms with Crippen LogP contribution in [-0.2, 0) is 0 Å². The van der Waals surface area contributed by atoms with Crippen LogP contribution in [0.2, 0.25) is 0 Å². The van der Waals surface area contributed by atoms with E-state index >= 15 is 0 Å². The van der Waals surface area contributed by atoms with Gasteiger partial charge < -0.3 is 4.42 Å². The zero-order chi connectivity index (χ0) is 40.1. The lowest BCUT2D eigenvalue weighted by Gasteiger charge is -2.18. The second kappa shape index (κ2) is 11.8. The molecule has 10 aromatic carbocycles. The van der Waals surface area contributed by atoms with Crippen LogP contribution in [0.25, 0.3) is 110 Å². The summed E-state index contributed by atoms with van der Waals surface area (Å²) in [5, 5.41) is 7.53. The highest BCUT2D eigenvalue weighted by Gasteiger charge is 2.17. The highest BCUT2D eigenvalue weighted by Crippen LogP contribution is 2.44. The minimum Gasteiger partial charge on any atom is -0.456 e. The van der Waals surface area contributed by atoms with Gasteiger partial charge >= 0.3 is 0 Å². The first-order valence-electron chi connectivity index (χ1n) is 20.8. The second-order valence-corrected chi connectivity index (χ2v) is 13.5. The van der Waals surface area contributed by atoms with Crippen molar-refractivity contribution in [3.05, 3.63) is 194 Å². The summed E-state index contributed by atoms with van der Waals surface area (Å²) in [5.74, 6) is 0. The van der Waals surface area contributed by atoms with E-state index < -0.39 is 0 Å². The molecule has 0 aliphatic carbocycles. The largest absolute Gasteiger partial charge is 0.456 e.